The van der Waals surface area contributed by atoms with Gasteiger partial charge in [-0.05, 0) is 62.8 Å². The highest BCUT2D eigenvalue weighted by atomic mass is 32.2. The first-order valence-electron chi connectivity index (χ1n) is 12.8. The zero-order valence-corrected chi connectivity index (χ0v) is 22.3. The molecule has 3 aliphatic rings. The van der Waals surface area contributed by atoms with Crippen LogP contribution in [0.5, 0.6) is 0 Å². The SMILES string of the molecule is CN1CC(OC(=O)N2CCC(NS(=O)(=O)N(C)C)C(CO[C@H]3CC[C@@H](c4cccc(F)c4)CC3)C2)C1. The highest BCUT2D eigenvalue weighted by molar-refractivity contribution is 7.87. The highest BCUT2D eigenvalue weighted by Gasteiger charge is 2.37. The molecule has 0 spiro atoms. The Balaban J connectivity index is 1.33. The number of hydrogen-bond donors (Lipinski definition) is 1. The molecule has 0 aromatic heterocycles. The van der Waals surface area contributed by atoms with Gasteiger partial charge in [0.15, 0.2) is 0 Å². The third-order valence-electron chi connectivity index (χ3n) is 7.61. The van der Waals surface area contributed by atoms with Gasteiger partial charge in [0, 0.05) is 52.2 Å². The molecule has 2 atom stereocenters. The third-order valence-corrected chi connectivity index (χ3v) is 9.17. The molecule has 9 nitrogen and oxygen atoms in total. The van der Waals surface area contributed by atoms with Crippen LogP contribution in [0.4, 0.5) is 9.18 Å². The van der Waals surface area contributed by atoms with Gasteiger partial charge in [0.2, 0.25) is 0 Å². The lowest BCUT2D eigenvalue weighted by Crippen LogP contribution is -2.57. The van der Waals surface area contributed by atoms with Crippen LogP contribution in [-0.4, -0.2) is 101 Å². The van der Waals surface area contributed by atoms with Crippen molar-refractivity contribution in [3.63, 3.8) is 0 Å². The van der Waals surface area contributed by atoms with E-state index in [1.54, 1.807) is 17.0 Å². The fourth-order valence-corrected chi connectivity index (χ4v) is 6.24. The molecular weight excluding hydrogens is 487 g/mol. The fraction of sp³-hybridized carbons (Fsp3) is 0.720. The Morgan fingerprint density at radius 2 is 1.83 bits per heavy atom. The van der Waals surface area contributed by atoms with Crippen LogP contribution in [0.15, 0.2) is 24.3 Å². The summed E-state index contributed by atoms with van der Waals surface area (Å²) in [6, 6.07) is 6.48. The Kier molecular flexibility index (Phi) is 8.87. The van der Waals surface area contributed by atoms with Crippen LogP contribution < -0.4 is 4.72 Å². The second-order valence-electron chi connectivity index (χ2n) is 10.6. The van der Waals surface area contributed by atoms with Crippen LogP contribution in [0, 0.1) is 11.7 Å². The lowest BCUT2D eigenvalue weighted by Gasteiger charge is -2.41. The Bertz CT molecular complexity index is 996. The summed E-state index contributed by atoms with van der Waals surface area (Å²) < 4.78 is 54.5. The molecule has 202 valence electrons. The molecule has 1 aliphatic carbocycles. The van der Waals surface area contributed by atoms with Crippen molar-refractivity contribution < 1.29 is 27.1 Å². The van der Waals surface area contributed by atoms with E-state index in [4.69, 9.17) is 9.47 Å². The third kappa shape index (κ3) is 6.95. The Morgan fingerprint density at radius 1 is 1.11 bits per heavy atom. The highest BCUT2D eigenvalue weighted by Crippen LogP contribution is 2.34. The number of hydrogen-bond acceptors (Lipinski definition) is 6. The monoisotopic (exact) mass is 526 g/mol. The standard InChI is InChI=1S/C25H39FN4O5S/c1-28(2)36(32,33)27-24-11-12-30(25(31)35-23-15-29(3)16-23)14-20(24)17-34-22-9-7-18(8-10-22)19-5-4-6-21(26)13-19/h4-6,13,18,20,22-24,27H,7-12,14-17H2,1-3H3/t18-,20?,22+,24?. The van der Waals surface area contributed by atoms with Crippen molar-refractivity contribution >= 4 is 16.3 Å². The molecule has 1 aromatic carbocycles. The molecule has 2 unspecified atom stereocenters. The minimum absolute atomic E-state index is 0.0637. The molecule has 11 heteroatoms. The number of carbonyl (C=O) groups excluding carboxylic acids is 1. The van der Waals surface area contributed by atoms with Crippen molar-refractivity contribution in [2.24, 2.45) is 5.92 Å². The molecule has 36 heavy (non-hydrogen) atoms. The van der Waals surface area contributed by atoms with Gasteiger partial charge in [-0.15, -0.1) is 0 Å². The van der Waals surface area contributed by atoms with Gasteiger partial charge in [0.25, 0.3) is 10.2 Å². The van der Waals surface area contributed by atoms with Crippen molar-refractivity contribution in [3.8, 4) is 0 Å². The molecule has 3 fully saturated rings. The van der Waals surface area contributed by atoms with Gasteiger partial charge in [0.1, 0.15) is 11.9 Å². The molecule has 2 saturated heterocycles. The molecule has 1 N–H and O–H groups in total. The Morgan fingerprint density at radius 3 is 2.47 bits per heavy atom. The van der Waals surface area contributed by atoms with Gasteiger partial charge in [-0.3, -0.25) is 4.90 Å². The zero-order valence-electron chi connectivity index (χ0n) is 21.4. The summed E-state index contributed by atoms with van der Waals surface area (Å²) in [5.41, 5.74) is 1.03. The number of carbonyl (C=O) groups is 1. The number of piperidine rings is 1. The first-order chi connectivity index (χ1) is 17.1. The smallest absolute Gasteiger partial charge is 0.410 e. The van der Waals surface area contributed by atoms with Crippen LogP contribution in [0.25, 0.3) is 0 Å². The average Bonchev–Trinajstić information content (AvgIpc) is 2.82. The van der Waals surface area contributed by atoms with Crippen molar-refractivity contribution in [3.05, 3.63) is 35.6 Å². The summed E-state index contributed by atoms with van der Waals surface area (Å²) in [4.78, 5) is 16.5. The molecule has 2 aliphatic heterocycles. The molecule has 1 saturated carbocycles. The summed E-state index contributed by atoms with van der Waals surface area (Å²) in [6.07, 6.45) is 3.69. The van der Waals surface area contributed by atoms with E-state index in [-0.39, 0.29) is 36.1 Å². The number of benzene rings is 1. The van der Waals surface area contributed by atoms with E-state index in [2.05, 4.69) is 9.62 Å². The summed E-state index contributed by atoms with van der Waals surface area (Å²) >= 11 is 0. The van der Waals surface area contributed by atoms with E-state index in [0.717, 1.165) is 48.6 Å². The fourth-order valence-electron chi connectivity index (χ4n) is 5.34. The molecule has 4 rings (SSSR count). The van der Waals surface area contributed by atoms with Crippen molar-refractivity contribution in [2.75, 3.05) is 53.9 Å². The second kappa shape index (κ2) is 11.7. The largest absolute Gasteiger partial charge is 0.443 e. The van der Waals surface area contributed by atoms with Gasteiger partial charge < -0.3 is 14.4 Å². The average molecular weight is 527 g/mol. The normalized spacial score (nSPS) is 28.2. The Labute approximate surface area is 214 Å². The van der Waals surface area contributed by atoms with Crippen LogP contribution in [0.3, 0.4) is 0 Å². The van der Waals surface area contributed by atoms with Crippen LogP contribution >= 0.6 is 0 Å². The lowest BCUT2D eigenvalue weighted by atomic mass is 9.82. The molecular formula is C25H39FN4O5S. The van der Waals surface area contributed by atoms with Crippen LogP contribution in [-0.2, 0) is 19.7 Å². The number of nitrogens with zero attached hydrogens (tertiary/aromatic N) is 3. The number of likely N-dealkylation sites (tertiary alicyclic amines) is 2. The number of nitrogens with one attached hydrogen (secondary N) is 1. The number of ether oxygens (including phenoxy) is 2. The summed E-state index contributed by atoms with van der Waals surface area (Å²) in [5, 5.41) is 0. The predicted octanol–water partition coefficient (Wildman–Crippen LogP) is 2.41. The topological polar surface area (TPSA) is 91.4 Å². The summed E-state index contributed by atoms with van der Waals surface area (Å²) in [6.45, 7) is 2.62. The van der Waals surface area contributed by atoms with E-state index in [9.17, 15) is 17.6 Å². The molecule has 1 amide bonds. The number of halogens is 1. The molecule has 0 radical (unpaired) electrons. The van der Waals surface area contributed by atoms with Gasteiger partial charge in [-0.25, -0.2) is 9.18 Å². The van der Waals surface area contributed by atoms with Gasteiger partial charge in [0.05, 0.1) is 12.7 Å². The first-order valence-corrected chi connectivity index (χ1v) is 14.3. The van der Waals surface area contributed by atoms with E-state index in [1.807, 2.05) is 13.1 Å². The molecule has 2 heterocycles. The van der Waals surface area contributed by atoms with Gasteiger partial charge in [-0.1, -0.05) is 12.1 Å². The molecule has 0 bridgehead atoms. The maximum Gasteiger partial charge on any atom is 0.410 e. The minimum atomic E-state index is -3.62. The quantitative estimate of drug-likeness (QED) is 0.560. The molecule has 1 aromatic rings. The van der Waals surface area contributed by atoms with Gasteiger partial charge in [-0.2, -0.15) is 17.4 Å². The van der Waals surface area contributed by atoms with Crippen molar-refractivity contribution in [2.45, 2.75) is 56.3 Å². The van der Waals surface area contributed by atoms with Crippen molar-refractivity contribution in [1.29, 1.82) is 0 Å². The maximum absolute atomic E-state index is 13.6. The first kappa shape index (κ1) is 27.3. The zero-order chi connectivity index (χ0) is 25.9. The minimum Gasteiger partial charge on any atom is -0.443 e. The lowest BCUT2D eigenvalue weighted by molar-refractivity contribution is -0.0351. The van der Waals surface area contributed by atoms with Gasteiger partial charge >= 0.3 is 6.09 Å². The van der Waals surface area contributed by atoms with Crippen LogP contribution in [0.1, 0.15) is 43.6 Å². The van der Waals surface area contributed by atoms with E-state index in [0.29, 0.717) is 32.0 Å². The maximum atomic E-state index is 13.6. The van der Waals surface area contributed by atoms with Crippen LogP contribution in [0.2, 0.25) is 0 Å². The van der Waals surface area contributed by atoms with E-state index >= 15 is 0 Å². The summed E-state index contributed by atoms with van der Waals surface area (Å²) in [5.74, 6) is -0.0708. The number of rotatable bonds is 8. The van der Waals surface area contributed by atoms with E-state index < -0.39 is 10.2 Å². The summed E-state index contributed by atoms with van der Waals surface area (Å²) in [7, 11) is 1.35. The number of amides is 1. The number of likely N-dealkylation sites (N-methyl/N-ethyl adjacent to an activating group) is 1. The van der Waals surface area contributed by atoms with E-state index in [1.165, 1.54) is 20.2 Å². The second-order valence-corrected chi connectivity index (χ2v) is 12.5. The predicted molar refractivity (Wildman–Crippen MR) is 134 cm³/mol. The Hall–Kier alpha value is -1.79. The van der Waals surface area contributed by atoms with Crippen molar-refractivity contribution in [1.82, 2.24) is 18.8 Å².